The van der Waals surface area contributed by atoms with E-state index in [0.717, 1.165) is 19.5 Å². The second-order valence-electron chi connectivity index (χ2n) is 5.03. The van der Waals surface area contributed by atoms with Crippen molar-refractivity contribution in [3.63, 3.8) is 0 Å². The van der Waals surface area contributed by atoms with Crippen LogP contribution in [0.1, 0.15) is 33.6 Å². The highest BCUT2D eigenvalue weighted by Crippen LogP contribution is 2.17. The molecule has 1 unspecified atom stereocenters. The molecule has 1 aliphatic heterocycles. The SMILES string of the molecule is CC(C)(C)C(=O)OCCC1CCNC1. The van der Waals surface area contributed by atoms with Gasteiger partial charge in [-0.15, -0.1) is 0 Å². The Bertz CT molecular complexity index is 190. The molecule has 1 atom stereocenters. The van der Waals surface area contributed by atoms with Gasteiger partial charge in [0, 0.05) is 0 Å². The fourth-order valence-electron chi connectivity index (χ4n) is 1.50. The third-order valence-corrected chi connectivity index (χ3v) is 2.53. The molecule has 82 valence electrons. The molecule has 1 rings (SSSR count). The number of carbonyl (C=O) groups is 1. The number of esters is 1. The van der Waals surface area contributed by atoms with Crippen molar-refractivity contribution in [2.75, 3.05) is 19.7 Å². The van der Waals surface area contributed by atoms with Gasteiger partial charge in [0.05, 0.1) is 12.0 Å². The minimum absolute atomic E-state index is 0.0940. The van der Waals surface area contributed by atoms with Gasteiger partial charge in [-0.3, -0.25) is 4.79 Å². The maximum absolute atomic E-state index is 11.4. The van der Waals surface area contributed by atoms with Crippen molar-refractivity contribution in [3.05, 3.63) is 0 Å². The smallest absolute Gasteiger partial charge is 0.311 e. The average Bonchev–Trinajstić information content (AvgIpc) is 2.55. The van der Waals surface area contributed by atoms with Gasteiger partial charge in [-0.2, -0.15) is 0 Å². The maximum Gasteiger partial charge on any atom is 0.311 e. The first kappa shape index (κ1) is 11.5. The third-order valence-electron chi connectivity index (χ3n) is 2.53. The van der Waals surface area contributed by atoms with E-state index in [1.54, 1.807) is 0 Å². The molecule has 3 heteroatoms. The summed E-state index contributed by atoms with van der Waals surface area (Å²) in [7, 11) is 0. The molecule has 1 saturated heterocycles. The maximum atomic E-state index is 11.4. The fourth-order valence-corrected chi connectivity index (χ4v) is 1.50. The summed E-state index contributed by atoms with van der Waals surface area (Å²) in [5, 5.41) is 3.30. The summed E-state index contributed by atoms with van der Waals surface area (Å²) in [6, 6.07) is 0. The fraction of sp³-hybridized carbons (Fsp3) is 0.909. The van der Waals surface area contributed by atoms with E-state index >= 15 is 0 Å². The molecule has 3 nitrogen and oxygen atoms in total. The van der Waals surface area contributed by atoms with Crippen LogP contribution in [0.4, 0.5) is 0 Å². The first-order valence-corrected chi connectivity index (χ1v) is 5.38. The van der Waals surface area contributed by atoms with E-state index in [-0.39, 0.29) is 11.4 Å². The van der Waals surface area contributed by atoms with Crippen LogP contribution in [0, 0.1) is 11.3 Å². The van der Waals surface area contributed by atoms with Crippen LogP contribution in [0.25, 0.3) is 0 Å². The lowest BCUT2D eigenvalue weighted by Gasteiger charge is -2.17. The molecule has 0 aromatic rings. The number of carbonyl (C=O) groups excluding carboxylic acids is 1. The van der Waals surface area contributed by atoms with E-state index in [1.807, 2.05) is 20.8 Å². The molecular formula is C11H21NO2. The normalized spacial score (nSPS) is 22.4. The van der Waals surface area contributed by atoms with E-state index in [1.165, 1.54) is 6.42 Å². The van der Waals surface area contributed by atoms with E-state index in [4.69, 9.17) is 4.74 Å². The Morgan fingerprint density at radius 2 is 2.21 bits per heavy atom. The van der Waals surface area contributed by atoms with Crippen LogP contribution in [0.2, 0.25) is 0 Å². The molecule has 14 heavy (non-hydrogen) atoms. The summed E-state index contributed by atoms with van der Waals surface area (Å²) in [4.78, 5) is 11.4. The lowest BCUT2D eigenvalue weighted by Crippen LogP contribution is -2.24. The van der Waals surface area contributed by atoms with Gasteiger partial charge < -0.3 is 10.1 Å². The Labute approximate surface area is 86.2 Å². The van der Waals surface area contributed by atoms with Crippen molar-refractivity contribution in [2.24, 2.45) is 11.3 Å². The van der Waals surface area contributed by atoms with Crippen LogP contribution in [0.3, 0.4) is 0 Å². The molecule has 1 aliphatic rings. The molecule has 0 spiro atoms. The van der Waals surface area contributed by atoms with Crippen LogP contribution >= 0.6 is 0 Å². The van der Waals surface area contributed by atoms with Crippen molar-refractivity contribution < 1.29 is 9.53 Å². The number of ether oxygens (including phenoxy) is 1. The molecule has 0 aliphatic carbocycles. The summed E-state index contributed by atoms with van der Waals surface area (Å²) in [5.74, 6) is 0.603. The van der Waals surface area contributed by atoms with Gasteiger partial charge >= 0.3 is 5.97 Å². The first-order valence-electron chi connectivity index (χ1n) is 5.38. The van der Waals surface area contributed by atoms with Crippen molar-refractivity contribution in [3.8, 4) is 0 Å². The molecular weight excluding hydrogens is 178 g/mol. The Kier molecular flexibility index (Phi) is 3.93. The molecule has 0 saturated carbocycles. The third kappa shape index (κ3) is 3.66. The summed E-state index contributed by atoms with van der Waals surface area (Å²) >= 11 is 0. The summed E-state index contributed by atoms with van der Waals surface area (Å²) in [6.45, 7) is 8.40. The summed E-state index contributed by atoms with van der Waals surface area (Å²) in [5.41, 5.74) is -0.367. The predicted octanol–water partition coefficient (Wildman–Crippen LogP) is 1.58. The molecule has 1 N–H and O–H groups in total. The molecule has 0 aromatic carbocycles. The molecule has 0 radical (unpaired) electrons. The summed E-state index contributed by atoms with van der Waals surface area (Å²) < 4.78 is 5.20. The highest BCUT2D eigenvalue weighted by molar-refractivity contribution is 5.75. The van der Waals surface area contributed by atoms with Crippen molar-refractivity contribution in [1.82, 2.24) is 5.32 Å². The van der Waals surface area contributed by atoms with Crippen LogP contribution in [-0.4, -0.2) is 25.7 Å². The standard InChI is InChI=1S/C11H21NO2/c1-11(2,3)10(13)14-7-5-9-4-6-12-8-9/h9,12H,4-8H2,1-3H3. The number of hydrogen-bond donors (Lipinski definition) is 1. The zero-order chi connectivity index (χ0) is 10.6. The Hall–Kier alpha value is -0.570. The second kappa shape index (κ2) is 4.78. The monoisotopic (exact) mass is 199 g/mol. The zero-order valence-electron chi connectivity index (χ0n) is 9.43. The molecule has 1 heterocycles. The quantitative estimate of drug-likeness (QED) is 0.701. The summed E-state index contributed by atoms with van der Waals surface area (Å²) in [6.07, 6.45) is 2.21. The minimum Gasteiger partial charge on any atom is -0.465 e. The van der Waals surface area contributed by atoms with Gasteiger partial charge in [-0.05, 0) is 52.6 Å². The number of rotatable bonds is 3. The number of hydrogen-bond acceptors (Lipinski definition) is 3. The van der Waals surface area contributed by atoms with Gasteiger partial charge in [0.2, 0.25) is 0 Å². The van der Waals surface area contributed by atoms with E-state index in [2.05, 4.69) is 5.32 Å². The van der Waals surface area contributed by atoms with Crippen LogP contribution in [0.15, 0.2) is 0 Å². The molecule has 1 fully saturated rings. The van der Waals surface area contributed by atoms with Crippen LogP contribution in [-0.2, 0) is 9.53 Å². The van der Waals surface area contributed by atoms with Crippen LogP contribution in [0.5, 0.6) is 0 Å². The predicted molar refractivity (Wildman–Crippen MR) is 56.0 cm³/mol. The topological polar surface area (TPSA) is 38.3 Å². The Morgan fingerprint density at radius 1 is 1.50 bits per heavy atom. The highest BCUT2D eigenvalue weighted by Gasteiger charge is 2.23. The van der Waals surface area contributed by atoms with Gasteiger partial charge in [-0.25, -0.2) is 0 Å². The van der Waals surface area contributed by atoms with Gasteiger partial charge in [0.15, 0.2) is 0 Å². The van der Waals surface area contributed by atoms with E-state index in [9.17, 15) is 4.79 Å². The molecule has 0 amide bonds. The van der Waals surface area contributed by atoms with Crippen molar-refractivity contribution >= 4 is 5.97 Å². The molecule has 0 aromatic heterocycles. The van der Waals surface area contributed by atoms with Crippen molar-refractivity contribution in [1.29, 1.82) is 0 Å². The van der Waals surface area contributed by atoms with Crippen LogP contribution < -0.4 is 5.32 Å². The minimum atomic E-state index is -0.367. The van der Waals surface area contributed by atoms with E-state index in [0.29, 0.717) is 12.5 Å². The van der Waals surface area contributed by atoms with E-state index < -0.39 is 0 Å². The van der Waals surface area contributed by atoms with Crippen molar-refractivity contribution in [2.45, 2.75) is 33.6 Å². The second-order valence-corrected chi connectivity index (χ2v) is 5.03. The molecule has 0 bridgehead atoms. The van der Waals surface area contributed by atoms with Gasteiger partial charge in [0.25, 0.3) is 0 Å². The first-order chi connectivity index (χ1) is 6.50. The zero-order valence-corrected chi connectivity index (χ0v) is 9.43. The van der Waals surface area contributed by atoms with Gasteiger partial charge in [-0.1, -0.05) is 0 Å². The Balaban J connectivity index is 2.11. The largest absolute Gasteiger partial charge is 0.465 e. The lowest BCUT2D eigenvalue weighted by molar-refractivity contribution is -0.153. The average molecular weight is 199 g/mol. The van der Waals surface area contributed by atoms with Gasteiger partial charge in [0.1, 0.15) is 0 Å². The number of nitrogens with one attached hydrogen (secondary N) is 1. The highest BCUT2D eigenvalue weighted by atomic mass is 16.5. The Morgan fingerprint density at radius 3 is 2.71 bits per heavy atom. The lowest BCUT2D eigenvalue weighted by atomic mass is 9.97.